The lowest BCUT2D eigenvalue weighted by Crippen LogP contribution is -2.36. The van der Waals surface area contributed by atoms with Gasteiger partial charge >= 0.3 is 6.03 Å². The summed E-state index contributed by atoms with van der Waals surface area (Å²) >= 11 is 12.8. The third kappa shape index (κ3) is 4.83. The highest BCUT2D eigenvalue weighted by atomic mass is 35.5. The van der Waals surface area contributed by atoms with Crippen molar-refractivity contribution < 1.29 is 9.59 Å². The number of aromatic nitrogens is 2. The first-order valence-electron chi connectivity index (χ1n) is 6.10. The van der Waals surface area contributed by atoms with Crippen molar-refractivity contribution in [1.82, 2.24) is 20.8 Å². The van der Waals surface area contributed by atoms with E-state index in [1.807, 2.05) is 0 Å². The van der Waals surface area contributed by atoms with Gasteiger partial charge in [-0.2, -0.15) is 0 Å². The molecule has 22 heavy (non-hydrogen) atoms. The average Bonchev–Trinajstić information content (AvgIpc) is 2.99. The largest absolute Gasteiger partial charge is 0.350 e. The molecule has 0 aliphatic rings. The summed E-state index contributed by atoms with van der Waals surface area (Å²) in [5.74, 6) is -0.301. The molecule has 0 atom stereocenters. The predicted octanol–water partition coefficient (Wildman–Crippen LogP) is 2.40. The minimum atomic E-state index is -0.416. The van der Waals surface area contributed by atoms with Crippen molar-refractivity contribution in [2.45, 2.75) is 0 Å². The lowest BCUT2D eigenvalue weighted by atomic mass is 10.2. The molecule has 0 unspecified atom stereocenters. The molecule has 116 valence electrons. The van der Waals surface area contributed by atoms with Gasteiger partial charge in [-0.15, -0.1) is 10.2 Å². The normalized spacial score (nSPS) is 10.1. The standard InChI is InChI=1S/C12H11Cl2N5O2S/c13-8-2-1-7(5-9(8)14)10(20)15-3-4-16-11(21)18-12-19-17-6-22-12/h1-2,5-6H,3-4H2,(H,15,20)(H2,16,18,19,21). The topological polar surface area (TPSA) is 96.0 Å². The Kier molecular flexibility index (Phi) is 5.93. The molecule has 0 saturated heterocycles. The van der Waals surface area contributed by atoms with E-state index in [1.54, 1.807) is 12.1 Å². The number of carbonyl (C=O) groups is 2. The van der Waals surface area contributed by atoms with Crippen molar-refractivity contribution in [2.24, 2.45) is 0 Å². The molecule has 3 N–H and O–H groups in total. The molecule has 0 bridgehead atoms. The fraction of sp³-hybridized carbons (Fsp3) is 0.167. The molecule has 0 radical (unpaired) electrons. The van der Waals surface area contributed by atoms with Gasteiger partial charge in [-0.25, -0.2) is 4.79 Å². The van der Waals surface area contributed by atoms with Gasteiger partial charge in [0, 0.05) is 18.7 Å². The summed E-state index contributed by atoms with van der Waals surface area (Å²) in [6.45, 7) is 0.528. The number of nitrogens with one attached hydrogen (secondary N) is 3. The molecule has 1 aromatic carbocycles. The van der Waals surface area contributed by atoms with Crippen LogP contribution in [0, 0.1) is 0 Å². The van der Waals surface area contributed by atoms with E-state index >= 15 is 0 Å². The van der Waals surface area contributed by atoms with Gasteiger partial charge in [0.1, 0.15) is 5.51 Å². The van der Waals surface area contributed by atoms with Gasteiger partial charge in [-0.3, -0.25) is 10.1 Å². The second kappa shape index (κ2) is 7.92. The Balaban J connectivity index is 1.70. The predicted molar refractivity (Wildman–Crippen MR) is 85.7 cm³/mol. The van der Waals surface area contributed by atoms with Gasteiger partial charge < -0.3 is 10.6 Å². The van der Waals surface area contributed by atoms with Crippen LogP contribution in [0.25, 0.3) is 0 Å². The Labute approximate surface area is 140 Å². The Morgan fingerprint density at radius 3 is 2.59 bits per heavy atom. The number of anilines is 1. The second-order valence-corrected chi connectivity index (χ2v) is 5.66. The first-order valence-corrected chi connectivity index (χ1v) is 7.74. The van der Waals surface area contributed by atoms with Crippen LogP contribution in [0.3, 0.4) is 0 Å². The zero-order valence-corrected chi connectivity index (χ0v) is 13.4. The number of benzene rings is 1. The maximum absolute atomic E-state index is 11.9. The van der Waals surface area contributed by atoms with Gasteiger partial charge in [-0.1, -0.05) is 34.5 Å². The number of urea groups is 1. The van der Waals surface area contributed by atoms with Crippen LogP contribution < -0.4 is 16.0 Å². The number of halogens is 2. The third-order valence-electron chi connectivity index (χ3n) is 2.46. The molecule has 1 heterocycles. The van der Waals surface area contributed by atoms with Gasteiger partial charge in [0.25, 0.3) is 5.91 Å². The van der Waals surface area contributed by atoms with E-state index in [9.17, 15) is 9.59 Å². The fourth-order valence-electron chi connectivity index (χ4n) is 1.46. The number of hydrogen-bond donors (Lipinski definition) is 3. The molecule has 7 nitrogen and oxygen atoms in total. The number of carbonyl (C=O) groups excluding carboxylic acids is 2. The van der Waals surface area contributed by atoms with Crippen LogP contribution in [-0.2, 0) is 0 Å². The summed E-state index contributed by atoms with van der Waals surface area (Å²) in [5.41, 5.74) is 1.90. The molecule has 0 aliphatic carbocycles. The van der Waals surface area contributed by atoms with Crippen LogP contribution in [0.15, 0.2) is 23.7 Å². The number of nitrogens with zero attached hydrogens (tertiary/aromatic N) is 2. The van der Waals surface area contributed by atoms with E-state index in [4.69, 9.17) is 23.2 Å². The third-order valence-corrected chi connectivity index (χ3v) is 3.80. The molecule has 1 aromatic heterocycles. The zero-order valence-electron chi connectivity index (χ0n) is 11.1. The summed E-state index contributed by atoms with van der Waals surface area (Å²) in [7, 11) is 0. The van der Waals surface area contributed by atoms with Crippen LogP contribution in [0.2, 0.25) is 10.0 Å². The monoisotopic (exact) mass is 359 g/mol. The SMILES string of the molecule is O=C(NCCNC(=O)c1ccc(Cl)c(Cl)c1)Nc1nncs1. The average molecular weight is 360 g/mol. The van der Waals surface area contributed by atoms with Crippen LogP contribution in [0.1, 0.15) is 10.4 Å². The highest BCUT2D eigenvalue weighted by Crippen LogP contribution is 2.22. The van der Waals surface area contributed by atoms with Crippen molar-refractivity contribution in [1.29, 1.82) is 0 Å². The maximum atomic E-state index is 11.9. The number of amides is 3. The smallest absolute Gasteiger partial charge is 0.321 e. The summed E-state index contributed by atoms with van der Waals surface area (Å²) in [6, 6.07) is 4.18. The molecule has 2 rings (SSSR count). The number of rotatable bonds is 5. The van der Waals surface area contributed by atoms with E-state index in [2.05, 4.69) is 26.1 Å². The summed E-state index contributed by atoms with van der Waals surface area (Å²) in [5, 5.41) is 16.1. The Morgan fingerprint density at radius 2 is 1.91 bits per heavy atom. The molecule has 0 spiro atoms. The summed E-state index contributed by atoms with van der Waals surface area (Å²) < 4.78 is 0. The molecule has 3 amide bonds. The highest BCUT2D eigenvalue weighted by Gasteiger charge is 2.08. The van der Waals surface area contributed by atoms with E-state index in [0.717, 1.165) is 0 Å². The van der Waals surface area contributed by atoms with E-state index in [1.165, 1.54) is 22.9 Å². The molecular formula is C12H11Cl2N5O2S. The lowest BCUT2D eigenvalue weighted by Gasteiger charge is -2.07. The molecule has 0 fully saturated rings. The molecule has 0 saturated carbocycles. The van der Waals surface area contributed by atoms with Gasteiger partial charge in [0.05, 0.1) is 10.0 Å². The van der Waals surface area contributed by atoms with E-state index in [-0.39, 0.29) is 19.0 Å². The zero-order chi connectivity index (χ0) is 15.9. The van der Waals surface area contributed by atoms with Crippen LogP contribution in [0.5, 0.6) is 0 Å². The van der Waals surface area contributed by atoms with Crippen LogP contribution in [0.4, 0.5) is 9.93 Å². The summed E-state index contributed by atoms with van der Waals surface area (Å²) in [4.78, 5) is 23.3. The lowest BCUT2D eigenvalue weighted by molar-refractivity contribution is 0.0954. The van der Waals surface area contributed by atoms with Crippen LogP contribution in [-0.4, -0.2) is 35.2 Å². The van der Waals surface area contributed by atoms with Crippen molar-refractivity contribution in [2.75, 3.05) is 18.4 Å². The quantitative estimate of drug-likeness (QED) is 0.714. The first kappa shape index (κ1) is 16.5. The second-order valence-electron chi connectivity index (χ2n) is 4.01. The Hall–Kier alpha value is -1.90. The Morgan fingerprint density at radius 1 is 1.14 bits per heavy atom. The molecule has 2 aromatic rings. The number of hydrogen-bond acceptors (Lipinski definition) is 5. The highest BCUT2D eigenvalue weighted by molar-refractivity contribution is 7.13. The van der Waals surface area contributed by atoms with Crippen molar-refractivity contribution >= 4 is 51.6 Å². The molecule has 0 aliphatic heterocycles. The molecular weight excluding hydrogens is 349 g/mol. The first-order chi connectivity index (χ1) is 10.6. The van der Waals surface area contributed by atoms with Gasteiger partial charge in [0.2, 0.25) is 5.13 Å². The van der Waals surface area contributed by atoms with Gasteiger partial charge in [-0.05, 0) is 18.2 Å². The minimum Gasteiger partial charge on any atom is -0.350 e. The minimum absolute atomic E-state index is 0.262. The van der Waals surface area contributed by atoms with Gasteiger partial charge in [0.15, 0.2) is 0 Å². The van der Waals surface area contributed by atoms with Crippen molar-refractivity contribution in [3.63, 3.8) is 0 Å². The van der Waals surface area contributed by atoms with E-state index < -0.39 is 6.03 Å². The van der Waals surface area contributed by atoms with E-state index in [0.29, 0.717) is 20.7 Å². The fourth-order valence-corrected chi connectivity index (χ4v) is 2.20. The maximum Gasteiger partial charge on any atom is 0.321 e. The molecule has 10 heteroatoms. The Bertz CT molecular complexity index is 666. The van der Waals surface area contributed by atoms with Crippen molar-refractivity contribution in [3.05, 3.63) is 39.3 Å². The summed E-state index contributed by atoms with van der Waals surface area (Å²) in [6.07, 6.45) is 0. The van der Waals surface area contributed by atoms with Crippen LogP contribution >= 0.6 is 34.5 Å². The van der Waals surface area contributed by atoms with Crippen molar-refractivity contribution in [3.8, 4) is 0 Å².